The predicted octanol–water partition coefficient (Wildman–Crippen LogP) is 1.79. The van der Waals surface area contributed by atoms with Crippen LogP contribution in [0.4, 0.5) is 0 Å². The average molecular weight is 214 g/mol. The zero-order chi connectivity index (χ0) is 11.4. The van der Waals surface area contributed by atoms with E-state index in [9.17, 15) is 4.79 Å². The second-order valence-corrected chi connectivity index (χ2v) is 8.93. The largest absolute Gasteiger partial charge is 0.450 e. The second-order valence-electron chi connectivity index (χ2n) is 4.51. The van der Waals surface area contributed by atoms with E-state index < -0.39 is 19.9 Å². The predicted molar refractivity (Wildman–Crippen MR) is 58.3 cm³/mol. The number of terminal acetylenes is 1. The van der Waals surface area contributed by atoms with Gasteiger partial charge in [-0.2, -0.15) is 0 Å². The number of carbonyl (C=O) groups excluding carboxylic acids is 1. The van der Waals surface area contributed by atoms with Crippen LogP contribution < -0.4 is 0 Å². The third-order valence-corrected chi connectivity index (χ3v) is 2.46. The molecule has 0 aromatic rings. The summed E-state index contributed by atoms with van der Waals surface area (Å²) < 4.78 is 10.5. The van der Waals surface area contributed by atoms with Crippen LogP contribution in [0.2, 0.25) is 19.6 Å². The summed E-state index contributed by atoms with van der Waals surface area (Å²) in [5.74, 6) is 1.84. The smallest absolute Gasteiger partial charge is 0.337 e. The maximum atomic E-state index is 11.5. The Kier molecular flexibility index (Phi) is 4.36. The molecule has 0 aliphatic heterocycles. The normalized spacial score (nSPS) is 12.0. The van der Waals surface area contributed by atoms with Gasteiger partial charge in [0.25, 0.3) is 0 Å². The average Bonchev–Trinajstić information content (AvgIpc) is 1.95. The van der Waals surface area contributed by atoms with Crippen molar-refractivity contribution >= 4 is 14.3 Å². The molecule has 0 fully saturated rings. The van der Waals surface area contributed by atoms with Gasteiger partial charge in [-0.05, 0) is 33.5 Å². The van der Waals surface area contributed by atoms with E-state index in [4.69, 9.17) is 15.6 Å². The molecule has 0 aliphatic carbocycles. The van der Waals surface area contributed by atoms with Gasteiger partial charge in [-0.15, -0.1) is 6.42 Å². The third kappa shape index (κ3) is 5.05. The molecule has 0 bridgehead atoms. The quantitative estimate of drug-likeness (QED) is 0.406. The van der Waals surface area contributed by atoms with Gasteiger partial charge in [0.1, 0.15) is 5.60 Å². The number of ether oxygens (including phenoxy) is 1. The molecule has 0 aromatic carbocycles. The molecule has 0 N–H and O–H groups in total. The molecule has 0 aliphatic rings. The Morgan fingerprint density at radius 3 is 2.29 bits per heavy atom. The Balaban J connectivity index is 4.32. The SMILES string of the molecule is C#CCOC(=O)C(C)(C)O[Si](C)(C)C. The number of esters is 1. The molecule has 0 rings (SSSR count). The van der Waals surface area contributed by atoms with E-state index in [0.717, 1.165) is 0 Å². The summed E-state index contributed by atoms with van der Waals surface area (Å²) in [6.45, 7) is 9.45. The molecule has 0 saturated heterocycles. The van der Waals surface area contributed by atoms with Crippen LogP contribution in [0.5, 0.6) is 0 Å². The Hall–Kier alpha value is -0.793. The molecule has 3 nitrogen and oxygen atoms in total. The summed E-state index contributed by atoms with van der Waals surface area (Å²) in [7, 11) is -1.75. The van der Waals surface area contributed by atoms with Crippen LogP contribution in [0, 0.1) is 12.3 Å². The van der Waals surface area contributed by atoms with E-state index in [1.807, 2.05) is 19.6 Å². The molecule has 14 heavy (non-hydrogen) atoms. The number of carbonyl (C=O) groups is 1. The lowest BCUT2D eigenvalue weighted by Crippen LogP contribution is -2.45. The summed E-state index contributed by atoms with van der Waals surface area (Å²) in [6, 6.07) is 0. The van der Waals surface area contributed by atoms with Crippen molar-refractivity contribution in [2.45, 2.75) is 39.1 Å². The van der Waals surface area contributed by atoms with Crippen LogP contribution in [0.3, 0.4) is 0 Å². The van der Waals surface area contributed by atoms with Gasteiger partial charge in [0, 0.05) is 0 Å². The van der Waals surface area contributed by atoms with Gasteiger partial charge in [0.15, 0.2) is 14.9 Å². The van der Waals surface area contributed by atoms with Crippen molar-refractivity contribution in [1.82, 2.24) is 0 Å². The summed E-state index contributed by atoms with van der Waals surface area (Å²) in [6.07, 6.45) is 4.99. The van der Waals surface area contributed by atoms with E-state index >= 15 is 0 Å². The highest BCUT2D eigenvalue weighted by Crippen LogP contribution is 2.18. The molecule has 0 aromatic heterocycles. The lowest BCUT2D eigenvalue weighted by atomic mass is 10.1. The number of rotatable bonds is 4. The van der Waals surface area contributed by atoms with Crippen molar-refractivity contribution in [3.63, 3.8) is 0 Å². The molecule has 0 amide bonds. The molecule has 0 radical (unpaired) electrons. The topological polar surface area (TPSA) is 35.5 Å². The van der Waals surface area contributed by atoms with Crippen LogP contribution in [0.1, 0.15) is 13.8 Å². The van der Waals surface area contributed by atoms with Crippen molar-refractivity contribution in [2.75, 3.05) is 6.61 Å². The lowest BCUT2D eigenvalue weighted by Gasteiger charge is -2.30. The molecular formula is C10H18O3Si. The van der Waals surface area contributed by atoms with Gasteiger partial charge in [-0.1, -0.05) is 5.92 Å². The maximum Gasteiger partial charge on any atom is 0.337 e. The Morgan fingerprint density at radius 1 is 1.43 bits per heavy atom. The van der Waals surface area contributed by atoms with Crippen LogP contribution in [-0.2, 0) is 14.0 Å². The van der Waals surface area contributed by atoms with E-state index in [0.29, 0.717) is 0 Å². The zero-order valence-electron chi connectivity index (χ0n) is 9.51. The molecule has 0 saturated carbocycles. The Morgan fingerprint density at radius 2 is 1.93 bits per heavy atom. The van der Waals surface area contributed by atoms with Gasteiger partial charge in [-0.3, -0.25) is 0 Å². The number of hydrogen-bond acceptors (Lipinski definition) is 3. The van der Waals surface area contributed by atoms with Gasteiger partial charge in [0.2, 0.25) is 0 Å². The fourth-order valence-corrected chi connectivity index (χ4v) is 2.70. The molecule has 80 valence electrons. The highest BCUT2D eigenvalue weighted by molar-refractivity contribution is 6.70. The summed E-state index contributed by atoms with van der Waals surface area (Å²) in [4.78, 5) is 11.5. The minimum atomic E-state index is -1.75. The highest BCUT2D eigenvalue weighted by Gasteiger charge is 2.35. The van der Waals surface area contributed by atoms with Gasteiger partial charge < -0.3 is 9.16 Å². The van der Waals surface area contributed by atoms with Crippen LogP contribution in [0.25, 0.3) is 0 Å². The minimum Gasteiger partial charge on any atom is -0.450 e. The minimum absolute atomic E-state index is 0.00266. The number of hydrogen-bond donors (Lipinski definition) is 0. The second kappa shape index (κ2) is 4.62. The van der Waals surface area contributed by atoms with Crippen molar-refractivity contribution < 1.29 is 14.0 Å². The van der Waals surface area contributed by atoms with Crippen LogP contribution in [0.15, 0.2) is 0 Å². The Labute approximate surface area is 86.9 Å². The van der Waals surface area contributed by atoms with Crippen molar-refractivity contribution in [1.29, 1.82) is 0 Å². The molecule has 0 spiro atoms. The highest BCUT2D eigenvalue weighted by atomic mass is 28.4. The van der Waals surface area contributed by atoms with Gasteiger partial charge >= 0.3 is 5.97 Å². The molecule has 0 atom stereocenters. The standard InChI is InChI=1S/C10H18O3Si/c1-7-8-12-9(11)10(2,3)13-14(4,5)6/h1H,8H2,2-6H3. The first kappa shape index (κ1) is 13.2. The molecular weight excluding hydrogens is 196 g/mol. The summed E-state index contributed by atoms with van der Waals surface area (Å²) >= 11 is 0. The van der Waals surface area contributed by atoms with Crippen molar-refractivity contribution in [3.8, 4) is 12.3 Å². The summed E-state index contributed by atoms with van der Waals surface area (Å²) in [5.41, 5.74) is -0.901. The van der Waals surface area contributed by atoms with Crippen LogP contribution >= 0.6 is 0 Å². The fourth-order valence-electron chi connectivity index (χ4n) is 1.09. The first-order chi connectivity index (χ1) is 6.19. The van der Waals surface area contributed by atoms with Crippen molar-refractivity contribution in [2.24, 2.45) is 0 Å². The van der Waals surface area contributed by atoms with E-state index in [1.54, 1.807) is 13.8 Å². The third-order valence-electron chi connectivity index (χ3n) is 1.34. The van der Waals surface area contributed by atoms with Gasteiger partial charge in [0.05, 0.1) is 0 Å². The van der Waals surface area contributed by atoms with E-state index in [2.05, 4.69) is 5.92 Å². The lowest BCUT2D eigenvalue weighted by molar-refractivity contribution is -0.158. The van der Waals surface area contributed by atoms with Crippen LogP contribution in [-0.4, -0.2) is 26.5 Å². The molecule has 4 heteroatoms. The molecule has 0 heterocycles. The first-order valence-electron chi connectivity index (χ1n) is 4.50. The monoisotopic (exact) mass is 214 g/mol. The van der Waals surface area contributed by atoms with E-state index in [-0.39, 0.29) is 6.61 Å². The van der Waals surface area contributed by atoms with Crippen molar-refractivity contribution in [3.05, 3.63) is 0 Å². The van der Waals surface area contributed by atoms with Gasteiger partial charge in [-0.25, -0.2) is 4.79 Å². The Bertz CT molecular complexity index is 245. The molecule has 0 unspecified atom stereocenters. The zero-order valence-corrected chi connectivity index (χ0v) is 10.5. The summed E-state index contributed by atoms with van der Waals surface area (Å²) in [5, 5.41) is 0. The maximum absolute atomic E-state index is 11.5. The first-order valence-corrected chi connectivity index (χ1v) is 7.91. The van der Waals surface area contributed by atoms with E-state index in [1.165, 1.54) is 0 Å². The fraction of sp³-hybridized carbons (Fsp3) is 0.700.